The molecule has 0 bridgehead atoms. The Morgan fingerprint density at radius 2 is 1.74 bits per heavy atom. The number of benzene rings is 1. The summed E-state index contributed by atoms with van der Waals surface area (Å²) >= 11 is 0. The molecule has 3 heterocycles. The number of nitrogens with one attached hydrogen (secondary N) is 1. The molecule has 1 aromatic carbocycles. The van der Waals surface area contributed by atoms with Crippen LogP contribution in [0.2, 0.25) is 0 Å². The second-order valence-corrected chi connectivity index (χ2v) is 6.93. The van der Waals surface area contributed by atoms with Crippen molar-refractivity contribution in [2.24, 2.45) is 0 Å². The molecule has 0 aliphatic rings. The Morgan fingerprint density at radius 3 is 2.48 bits per heavy atom. The summed E-state index contributed by atoms with van der Waals surface area (Å²) in [5, 5.41) is 10.7. The summed E-state index contributed by atoms with van der Waals surface area (Å²) in [7, 11) is 0. The highest BCUT2D eigenvalue weighted by atomic mass is 16.1. The third-order valence-corrected chi connectivity index (χ3v) is 4.41. The molecule has 0 aliphatic carbocycles. The first kappa shape index (κ1) is 19.9. The van der Waals surface area contributed by atoms with Gasteiger partial charge in [0.25, 0.3) is 5.91 Å². The van der Waals surface area contributed by atoms with Gasteiger partial charge in [0.05, 0.1) is 5.56 Å². The highest BCUT2D eigenvalue weighted by molar-refractivity contribution is 5.95. The quantitative estimate of drug-likeness (QED) is 0.411. The van der Waals surface area contributed by atoms with E-state index in [4.69, 9.17) is 0 Å². The minimum Gasteiger partial charge on any atom is -0.310 e. The predicted molar refractivity (Wildman–Crippen MR) is 115 cm³/mol. The topological polar surface area (TPSA) is 98.5 Å². The summed E-state index contributed by atoms with van der Waals surface area (Å²) in [5.74, 6) is 3.72. The maximum atomic E-state index is 12.0. The molecule has 8 heteroatoms. The molecule has 4 aromatic rings. The van der Waals surface area contributed by atoms with Gasteiger partial charge in [-0.2, -0.15) is 0 Å². The van der Waals surface area contributed by atoms with Crippen molar-refractivity contribution in [3.63, 3.8) is 0 Å². The molecule has 4 rings (SSSR count). The molecule has 0 aliphatic heterocycles. The van der Waals surface area contributed by atoms with Crippen molar-refractivity contribution >= 4 is 5.91 Å². The summed E-state index contributed by atoms with van der Waals surface area (Å²) < 4.78 is 1.95. The van der Waals surface area contributed by atoms with Gasteiger partial charge in [-0.05, 0) is 44.0 Å². The van der Waals surface area contributed by atoms with Crippen LogP contribution in [0.15, 0.2) is 67.3 Å². The van der Waals surface area contributed by atoms with Crippen LogP contribution in [0.4, 0.5) is 0 Å². The second-order valence-electron chi connectivity index (χ2n) is 6.93. The van der Waals surface area contributed by atoms with Crippen LogP contribution in [0, 0.1) is 12.0 Å². The molecule has 0 saturated carbocycles. The smallest absolute Gasteiger partial charge is 0.262 e. The lowest BCUT2D eigenvalue weighted by molar-refractivity contribution is 0.0973. The Bertz CT molecular complexity index is 1250. The van der Waals surface area contributed by atoms with Gasteiger partial charge in [0.15, 0.2) is 11.6 Å². The summed E-state index contributed by atoms with van der Waals surface area (Å²) in [6.45, 7) is 4.11. The zero-order chi connectivity index (χ0) is 21.6. The lowest BCUT2D eigenvalue weighted by atomic mass is 10.2. The number of carbonyl (C=O) groups is 1. The Morgan fingerprint density at radius 1 is 1.00 bits per heavy atom. The molecule has 31 heavy (non-hydrogen) atoms. The SMILES string of the molecule is CC(C)n1cnnc1-c1cccc(-c2ncc(C#CNC(=O)c3ccccc3)cn2)n1. The van der Waals surface area contributed by atoms with Gasteiger partial charge >= 0.3 is 0 Å². The van der Waals surface area contributed by atoms with Crippen molar-refractivity contribution in [1.82, 2.24) is 35.0 Å². The Hall–Kier alpha value is -4.38. The van der Waals surface area contributed by atoms with Crippen molar-refractivity contribution in [2.75, 3.05) is 0 Å². The van der Waals surface area contributed by atoms with E-state index >= 15 is 0 Å². The molecular formula is C23H19N7O. The number of nitrogens with zero attached hydrogens (tertiary/aromatic N) is 6. The maximum Gasteiger partial charge on any atom is 0.262 e. The van der Waals surface area contributed by atoms with Gasteiger partial charge in [0.1, 0.15) is 17.7 Å². The predicted octanol–water partition coefficient (Wildman–Crippen LogP) is 3.12. The van der Waals surface area contributed by atoms with Crippen LogP contribution in [0.3, 0.4) is 0 Å². The summed E-state index contributed by atoms with van der Waals surface area (Å²) in [5.41, 5.74) is 2.43. The van der Waals surface area contributed by atoms with Crippen molar-refractivity contribution in [3.8, 4) is 35.0 Å². The van der Waals surface area contributed by atoms with Crippen LogP contribution in [-0.2, 0) is 0 Å². The number of aromatic nitrogens is 6. The molecule has 8 nitrogen and oxygen atoms in total. The molecule has 0 fully saturated rings. The van der Waals surface area contributed by atoms with Crippen LogP contribution >= 0.6 is 0 Å². The lowest BCUT2D eigenvalue weighted by Gasteiger charge is -2.09. The third-order valence-electron chi connectivity index (χ3n) is 4.41. The normalized spacial score (nSPS) is 10.4. The zero-order valence-electron chi connectivity index (χ0n) is 17.0. The molecule has 0 atom stereocenters. The first-order valence-corrected chi connectivity index (χ1v) is 9.67. The molecule has 152 valence electrons. The van der Waals surface area contributed by atoms with E-state index in [0.717, 1.165) is 0 Å². The van der Waals surface area contributed by atoms with Crippen molar-refractivity contribution in [1.29, 1.82) is 0 Å². The van der Waals surface area contributed by atoms with E-state index in [-0.39, 0.29) is 11.9 Å². The lowest BCUT2D eigenvalue weighted by Crippen LogP contribution is -2.17. The van der Waals surface area contributed by atoms with Gasteiger partial charge in [0.2, 0.25) is 0 Å². The van der Waals surface area contributed by atoms with E-state index in [2.05, 4.69) is 56.3 Å². The van der Waals surface area contributed by atoms with Crippen molar-refractivity contribution < 1.29 is 4.79 Å². The highest BCUT2D eigenvalue weighted by Crippen LogP contribution is 2.21. The number of hydrogen-bond donors (Lipinski definition) is 1. The van der Waals surface area contributed by atoms with Crippen LogP contribution in [0.1, 0.15) is 35.8 Å². The standard InChI is InChI=1S/C23H19N7O/c1-16(2)30-15-27-29-22(30)20-10-6-9-19(28-20)21-25-13-17(14-26-21)11-12-24-23(31)18-7-4-3-5-8-18/h3-10,13-16H,1-2H3,(H,24,31). The first-order valence-electron chi connectivity index (χ1n) is 9.67. The molecular weight excluding hydrogens is 390 g/mol. The Kier molecular flexibility index (Phi) is 5.76. The molecule has 0 spiro atoms. The van der Waals surface area contributed by atoms with Crippen LogP contribution in [-0.4, -0.2) is 35.6 Å². The minimum absolute atomic E-state index is 0.215. The Balaban J connectivity index is 1.49. The molecule has 1 amide bonds. The second kappa shape index (κ2) is 8.97. The van der Waals surface area contributed by atoms with E-state index in [1.165, 1.54) is 0 Å². The molecule has 1 N–H and O–H groups in total. The number of carbonyl (C=O) groups excluding carboxylic acids is 1. The molecule has 3 aromatic heterocycles. The zero-order valence-corrected chi connectivity index (χ0v) is 17.0. The van der Waals surface area contributed by atoms with Crippen LogP contribution < -0.4 is 5.32 Å². The van der Waals surface area contributed by atoms with E-state index < -0.39 is 0 Å². The Labute approximate surface area is 179 Å². The summed E-state index contributed by atoms with van der Waals surface area (Å²) in [6.07, 6.45) is 4.87. The summed E-state index contributed by atoms with van der Waals surface area (Å²) in [6, 6.07) is 17.3. The van der Waals surface area contributed by atoms with Gasteiger partial charge in [0, 0.05) is 30.0 Å². The van der Waals surface area contributed by atoms with Crippen molar-refractivity contribution in [2.45, 2.75) is 19.9 Å². The molecule has 0 saturated heterocycles. The van der Waals surface area contributed by atoms with Crippen LogP contribution in [0.25, 0.3) is 23.0 Å². The monoisotopic (exact) mass is 409 g/mol. The molecule has 0 unspecified atom stereocenters. The molecule has 0 radical (unpaired) electrons. The van der Waals surface area contributed by atoms with Gasteiger partial charge in [-0.3, -0.25) is 10.1 Å². The van der Waals surface area contributed by atoms with Crippen molar-refractivity contribution in [3.05, 3.63) is 78.4 Å². The van der Waals surface area contributed by atoms with Gasteiger partial charge < -0.3 is 4.57 Å². The third kappa shape index (κ3) is 4.62. The number of pyridine rings is 1. The van der Waals surface area contributed by atoms with E-state index in [1.54, 1.807) is 43.0 Å². The fourth-order valence-corrected chi connectivity index (χ4v) is 2.83. The van der Waals surface area contributed by atoms with Gasteiger partial charge in [-0.1, -0.05) is 24.3 Å². The highest BCUT2D eigenvalue weighted by Gasteiger charge is 2.13. The average Bonchev–Trinajstić information content (AvgIpc) is 3.31. The number of hydrogen-bond acceptors (Lipinski definition) is 6. The van der Waals surface area contributed by atoms with E-state index in [0.29, 0.717) is 34.2 Å². The van der Waals surface area contributed by atoms with E-state index in [9.17, 15) is 4.79 Å². The number of amides is 1. The van der Waals surface area contributed by atoms with E-state index in [1.807, 2.05) is 28.8 Å². The van der Waals surface area contributed by atoms with Crippen LogP contribution in [0.5, 0.6) is 0 Å². The number of rotatable bonds is 4. The first-order chi connectivity index (χ1) is 15.1. The van der Waals surface area contributed by atoms with Gasteiger partial charge in [-0.15, -0.1) is 10.2 Å². The summed E-state index contributed by atoms with van der Waals surface area (Å²) in [4.78, 5) is 25.3. The average molecular weight is 409 g/mol. The fraction of sp³-hybridized carbons (Fsp3) is 0.130. The van der Waals surface area contributed by atoms with Gasteiger partial charge in [-0.25, -0.2) is 15.0 Å². The maximum absolute atomic E-state index is 12.0. The minimum atomic E-state index is -0.263. The fourth-order valence-electron chi connectivity index (χ4n) is 2.83. The largest absolute Gasteiger partial charge is 0.310 e.